The Morgan fingerprint density at radius 2 is 1.74 bits per heavy atom. The quantitative estimate of drug-likeness (QED) is 0.430. The van der Waals surface area contributed by atoms with Crippen LogP contribution in [-0.4, -0.2) is 11.1 Å². The van der Waals surface area contributed by atoms with Gasteiger partial charge in [-0.3, -0.25) is 4.79 Å². The van der Waals surface area contributed by atoms with Crippen molar-refractivity contribution in [2.24, 2.45) is 0 Å². The van der Waals surface area contributed by atoms with Gasteiger partial charge < -0.3 is 14.8 Å². The number of hydrogen-bond donors (Lipinski definition) is 2. The smallest absolute Gasteiger partial charge is 0.337 e. The van der Waals surface area contributed by atoms with E-state index in [0.717, 1.165) is 5.56 Å². The van der Waals surface area contributed by atoms with E-state index in [0.29, 0.717) is 22.6 Å². The fourth-order valence-corrected chi connectivity index (χ4v) is 3.67. The van der Waals surface area contributed by atoms with Gasteiger partial charge in [0.2, 0.25) is 0 Å². The van der Waals surface area contributed by atoms with Gasteiger partial charge >= 0.3 is 5.97 Å². The molecule has 4 rings (SSSR count). The molecule has 0 aliphatic rings. The summed E-state index contributed by atoms with van der Waals surface area (Å²) in [7, 11) is 0. The normalized spacial score (nSPS) is 12.0. The minimum atomic E-state index is -1.08. The molecule has 0 fully saturated rings. The lowest BCUT2D eigenvalue weighted by atomic mass is 10.0. The van der Waals surface area contributed by atoms with Crippen molar-refractivity contribution in [1.82, 2.24) is 0 Å². The maximum absolute atomic E-state index is 14.4. The van der Waals surface area contributed by atoms with Crippen LogP contribution in [0.2, 0.25) is 0 Å². The average molecular weight is 417 g/mol. The van der Waals surface area contributed by atoms with E-state index in [2.05, 4.69) is 5.32 Å². The standard InChI is InChI=1S/C25H20FNO4/c1-14-22(28)20-13-17(26)12-19(24(20)31-23(14)16-8-4-3-5-9-16)15(2)27-21-11-7-6-10-18(21)25(29)30/h3-13,15,27H,1-2H3,(H,29,30). The number of nitrogens with one attached hydrogen (secondary N) is 1. The van der Waals surface area contributed by atoms with E-state index < -0.39 is 17.8 Å². The summed E-state index contributed by atoms with van der Waals surface area (Å²) in [5.41, 5.74) is 2.00. The number of para-hydroxylation sites is 1. The summed E-state index contributed by atoms with van der Waals surface area (Å²) in [6.45, 7) is 3.41. The van der Waals surface area contributed by atoms with Crippen molar-refractivity contribution in [3.63, 3.8) is 0 Å². The molecule has 3 aromatic carbocycles. The second kappa shape index (κ2) is 8.07. The van der Waals surface area contributed by atoms with Gasteiger partial charge in [0.1, 0.15) is 17.2 Å². The van der Waals surface area contributed by atoms with E-state index in [1.54, 1.807) is 32.0 Å². The Kier molecular flexibility index (Phi) is 5.29. The zero-order valence-corrected chi connectivity index (χ0v) is 17.0. The first-order valence-corrected chi connectivity index (χ1v) is 9.78. The number of benzene rings is 3. The summed E-state index contributed by atoms with van der Waals surface area (Å²) in [5.74, 6) is -1.22. The summed E-state index contributed by atoms with van der Waals surface area (Å²) in [5, 5.41) is 12.7. The van der Waals surface area contributed by atoms with Gasteiger partial charge in [-0.2, -0.15) is 0 Å². The second-order valence-corrected chi connectivity index (χ2v) is 7.34. The van der Waals surface area contributed by atoms with Gasteiger partial charge in [0.15, 0.2) is 5.43 Å². The molecular weight excluding hydrogens is 397 g/mol. The van der Waals surface area contributed by atoms with E-state index in [1.165, 1.54) is 18.2 Å². The molecule has 0 saturated carbocycles. The monoisotopic (exact) mass is 417 g/mol. The van der Waals surface area contributed by atoms with Crippen LogP contribution in [-0.2, 0) is 0 Å². The molecule has 1 unspecified atom stereocenters. The summed E-state index contributed by atoms with van der Waals surface area (Å²) < 4.78 is 20.6. The lowest BCUT2D eigenvalue weighted by Crippen LogP contribution is -2.14. The average Bonchev–Trinajstić information content (AvgIpc) is 2.77. The molecule has 0 bridgehead atoms. The van der Waals surface area contributed by atoms with Crippen LogP contribution >= 0.6 is 0 Å². The van der Waals surface area contributed by atoms with Gasteiger partial charge in [-0.1, -0.05) is 42.5 Å². The van der Waals surface area contributed by atoms with Crippen molar-refractivity contribution >= 4 is 22.6 Å². The van der Waals surface area contributed by atoms with E-state index in [9.17, 15) is 19.1 Å². The first kappa shape index (κ1) is 20.3. The Balaban J connectivity index is 1.89. The molecular formula is C25H20FNO4. The third kappa shape index (κ3) is 3.80. The van der Waals surface area contributed by atoms with Crippen LogP contribution < -0.4 is 10.7 Å². The highest BCUT2D eigenvalue weighted by Crippen LogP contribution is 2.32. The number of rotatable bonds is 5. The molecule has 0 aliphatic heterocycles. The van der Waals surface area contributed by atoms with E-state index >= 15 is 0 Å². The number of halogens is 1. The maximum Gasteiger partial charge on any atom is 0.337 e. The van der Waals surface area contributed by atoms with E-state index in [-0.39, 0.29) is 22.0 Å². The molecule has 156 valence electrons. The molecule has 1 aromatic heterocycles. The first-order chi connectivity index (χ1) is 14.9. The van der Waals surface area contributed by atoms with Crippen LogP contribution in [0.25, 0.3) is 22.3 Å². The van der Waals surface area contributed by atoms with Gasteiger partial charge in [0.05, 0.1) is 17.0 Å². The van der Waals surface area contributed by atoms with Gasteiger partial charge in [0.25, 0.3) is 0 Å². The molecule has 2 N–H and O–H groups in total. The topological polar surface area (TPSA) is 79.5 Å². The summed E-state index contributed by atoms with van der Waals surface area (Å²) in [6, 6.07) is 17.6. The van der Waals surface area contributed by atoms with Crippen LogP contribution in [0.5, 0.6) is 0 Å². The summed E-state index contributed by atoms with van der Waals surface area (Å²) in [4.78, 5) is 24.6. The number of fused-ring (bicyclic) bond motifs is 1. The molecule has 0 saturated heterocycles. The van der Waals surface area contributed by atoms with Gasteiger partial charge in [-0.25, -0.2) is 9.18 Å². The predicted molar refractivity (Wildman–Crippen MR) is 118 cm³/mol. The van der Waals surface area contributed by atoms with Crippen LogP contribution in [0.15, 0.2) is 75.9 Å². The van der Waals surface area contributed by atoms with Crippen LogP contribution in [0.4, 0.5) is 10.1 Å². The molecule has 0 amide bonds. The predicted octanol–water partition coefficient (Wildman–Crippen LogP) is 5.78. The fraction of sp³-hybridized carbons (Fsp3) is 0.120. The highest BCUT2D eigenvalue weighted by Gasteiger charge is 2.20. The van der Waals surface area contributed by atoms with Crippen molar-refractivity contribution in [1.29, 1.82) is 0 Å². The molecule has 0 radical (unpaired) electrons. The number of carboxylic acids is 1. The molecule has 5 nitrogen and oxygen atoms in total. The van der Waals surface area contributed by atoms with Crippen molar-refractivity contribution in [3.8, 4) is 11.3 Å². The Morgan fingerprint density at radius 3 is 2.45 bits per heavy atom. The van der Waals surface area contributed by atoms with E-state index in [4.69, 9.17) is 4.42 Å². The minimum absolute atomic E-state index is 0.0948. The van der Waals surface area contributed by atoms with Crippen molar-refractivity contribution in [2.75, 3.05) is 5.32 Å². The van der Waals surface area contributed by atoms with Gasteiger partial charge in [-0.05, 0) is 38.1 Å². The number of hydrogen-bond acceptors (Lipinski definition) is 4. The highest BCUT2D eigenvalue weighted by molar-refractivity contribution is 5.94. The van der Waals surface area contributed by atoms with Gasteiger partial charge in [-0.15, -0.1) is 0 Å². The molecule has 6 heteroatoms. The SMILES string of the molecule is Cc1c(-c2ccccc2)oc2c(C(C)Nc3ccccc3C(=O)O)cc(F)cc2c1=O. The van der Waals surface area contributed by atoms with Crippen molar-refractivity contribution < 1.29 is 18.7 Å². The van der Waals surface area contributed by atoms with E-state index in [1.807, 2.05) is 30.3 Å². The number of carboxylic acid groups (broad SMARTS) is 1. The number of aromatic carboxylic acids is 1. The molecule has 1 atom stereocenters. The second-order valence-electron chi connectivity index (χ2n) is 7.34. The largest absolute Gasteiger partial charge is 0.478 e. The van der Waals surface area contributed by atoms with Crippen LogP contribution in [0.1, 0.15) is 34.5 Å². The summed E-state index contributed by atoms with van der Waals surface area (Å²) in [6.07, 6.45) is 0. The Hall–Kier alpha value is -3.93. The third-order valence-electron chi connectivity index (χ3n) is 5.24. The number of carbonyl (C=O) groups is 1. The lowest BCUT2D eigenvalue weighted by molar-refractivity contribution is 0.0698. The molecule has 4 aromatic rings. The van der Waals surface area contributed by atoms with Crippen LogP contribution in [0.3, 0.4) is 0 Å². The fourth-order valence-electron chi connectivity index (χ4n) is 3.67. The lowest BCUT2D eigenvalue weighted by Gasteiger charge is -2.19. The molecule has 0 aliphatic carbocycles. The molecule has 1 heterocycles. The zero-order chi connectivity index (χ0) is 22.1. The molecule has 31 heavy (non-hydrogen) atoms. The van der Waals surface area contributed by atoms with Crippen molar-refractivity contribution in [2.45, 2.75) is 19.9 Å². The minimum Gasteiger partial charge on any atom is -0.478 e. The Labute approximate surface area is 177 Å². The summed E-state index contributed by atoms with van der Waals surface area (Å²) >= 11 is 0. The highest BCUT2D eigenvalue weighted by atomic mass is 19.1. The maximum atomic E-state index is 14.4. The van der Waals surface area contributed by atoms with Crippen molar-refractivity contribution in [3.05, 3.63) is 99.5 Å². The van der Waals surface area contributed by atoms with Crippen LogP contribution in [0, 0.1) is 12.7 Å². The first-order valence-electron chi connectivity index (χ1n) is 9.78. The van der Waals surface area contributed by atoms with Gasteiger partial charge in [0, 0.05) is 22.4 Å². The Morgan fingerprint density at radius 1 is 1.06 bits per heavy atom. The molecule has 0 spiro atoms. The third-order valence-corrected chi connectivity index (χ3v) is 5.24. The zero-order valence-electron chi connectivity index (χ0n) is 17.0. The Bertz CT molecular complexity index is 1350. The number of anilines is 1.